The fourth-order valence-corrected chi connectivity index (χ4v) is 4.27. The van der Waals surface area contributed by atoms with Gasteiger partial charge in [0.25, 0.3) is 5.91 Å². The second kappa shape index (κ2) is 10.4. The lowest BCUT2D eigenvalue weighted by Crippen LogP contribution is -2.76. The largest absolute Gasteiger partial charge is 0.416 e. The minimum atomic E-state index is -4.50. The Bertz CT molecular complexity index is 959. The number of rotatable bonds is 8. The van der Waals surface area contributed by atoms with Crippen molar-refractivity contribution < 1.29 is 23.3 Å². The quantitative estimate of drug-likeness (QED) is 0.436. The zero-order chi connectivity index (χ0) is 22.5. The molecule has 0 saturated carbocycles. The lowest BCUT2D eigenvalue weighted by atomic mass is 9.99. The van der Waals surface area contributed by atoms with Crippen LogP contribution < -0.4 is 16.4 Å². The molecule has 0 unspecified atom stereocenters. The number of halogens is 5. The molecule has 0 bridgehead atoms. The van der Waals surface area contributed by atoms with Crippen molar-refractivity contribution in [3.8, 4) is 0 Å². The Morgan fingerprint density at radius 1 is 1.40 bits per heavy atom. The van der Waals surface area contributed by atoms with E-state index in [4.69, 9.17) is 34.3 Å². The molecule has 6 N–H and O–H groups in total. The summed E-state index contributed by atoms with van der Waals surface area (Å²) in [7, 11) is 1.72. The van der Waals surface area contributed by atoms with E-state index in [0.29, 0.717) is 15.6 Å². The normalized spacial score (nSPS) is 13.6. The maximum atomic E-state index is 13.2. The van der Waals surface area contributed by atoms with Crippen LogP contribution in [0, 0.1) is 5.41 Å². The highest BCUT2D eigenvalue weighted by atomic mass is 35.5. The molecule has 2 rings (SSSR count). The van der Waals surface area contributed by atoms with Crippen LogP contribution >= 0.6 is 34.5 Å². The van der Waals surface area contributed by atoms with E-state index in [1.807, 2.05) is 0 Å². The van der Waals surface area contributed by atoms with Crippen LogP contribution in [0.2, 0.25) is 4.34 Å². The summed E-state index contributed by atoms with van der Waals surface area (Å²) in [5, 5.41) is 11.8. The minimum absolute atomic E-state index is 0.0442. The number of alkyl halides is 3. The Hall–Kier alpha value is -1.91. The maximum Gasteiger partial charge on any atom is 0.416 e. The molecule has 1 heterocycles. The third-order valence-corrected chi connectivity index (χ3v) is 5.95. The first-order valence-corrected chi connectivity index (χ1v) is 10.3. The van der Waals surface area contributed by atoms with Crippen LogP contribution in [-0.2, 0) is 12.6 Å². The number of allylic oxidation sites excluding steroid dienone is 1. The van der Waals surface area contributed by atoms with Crippen LogP contribution in [0.1, 0.15) is 26.4 Å². The van der Waals surface area contributed by atoms with E-state index >= 15 is 0 Å². The molecule has 1 aromatic heterocycles. The van der Waals surface area contributed by atoms with Gasteiger partial charge in [-0.1, -0.05) is 41.4 Å². The zero-order valence-corrected chi connectivity index (χ0v) is 18.1. The molecule has 162 valence electrons. The molecule has 1 amide bonds. The van der Waals surface area contributed by atoms with E-state index in [0.717, 1.165) is 23.6 Å². The first kappa shape index (κ1) is 24.4. The van der Waals surface area contributed by atoms with Crippen LogP contribution in [-0.4, -0.2) is 31.8 Å². The Balaban J connectivity index is 2.23. The second-order valence-corrected chi connectivity index (χ2v) is 8.32. The fraction of sp³-hybridized carbons (Fsp3) is 0.263. The lowest BCUT2D eigenvalue weighted by molar-refractivity contribution is -0.530. The molecule has 30 heavy (non-hydrogen) atoms. The van der Waals surface area contributed by atoms with Gasteiger partial charge >= 0.3 is 6.18 Å². The van der Waals surface area contributed by atoms with Gasteiger partial charge in [0.05, 0.1) is 23.1 Å². The van der Waals surface area contributed by atoms with Gasteiger partial charge in [0, 0.05) is 18.8 Å². The predicted molar refractivity (Wildman–Crippen MR) is 114 cm³/mol. The van der Waals surface area contributed by atoms with Crippen LogP contribution in [0.15, 0.2) is 35.4 Å². The van der Waals surface area contributed by atoms with E-state index in [9.17, 15) is 18.0 Å². The summed E-state index contributed by atoms with van der Waals surface area (Å²) in [6.07, 6.45) is -3.60. The average molecular weight is 480 g/mol. The van der Waals surface area contributed by atoms with Gasteiger partial charge < -0.3 is 21.8 Å². The van der Waals surface area contributed by atoms with Gasteiger partial charge in [0.15, 0.2) is 5.70 Å². The first-order chi connectivity index (χ1) is 14.1. The molecule has 0 spiro atoms. The van der Waals surface area contributed by atoms with E-state index in [1.54, 1.807) is 12.4 Å². The molecule has 0 aliphatic carbocycles. The highest BCUT2D eigenvalue weighted by Crippen LogP contribution is 2.33. The molecule has 2 aromatic rings. The molecular formula is C19H20Cl2F3N4OS+. The Morgan fingerprint density at radius 2 is 2.07 bits per heavy atom. The van der Waals surface area contributed by atoms with E-state index < -0.39 is 23.7 Å². The highest BCUT2D eigenvalue weighted by molar-refractivity contribution is 7.18. The summed E-state index contributed by atoms with van der Waals surface area (Å²) in [5.74, 6) is -0.505. The van der Waals surface area contributed by atoms with Gasteiger partial charge in [-0.3, -0.25) is 4.79 Å². The molecule has 11 heteroatoms. The molecule has 1 aromatic carbocycles. The average Bonchev–Trinajstić information content (AvgIpc) is 3.09. The molecule has 0 aliphatic heterocycles. The number of hydrogen-bond donors (Lipinski definition) is 4. The van der Waals surface area contributed by atoms with Gasteiger partial charge in [-0.25, -0.2) is 0 Å². The number of hydrogen-bond acceptors (Lipinski definition) is 4. The molecule has 0 aliphatic rings. The summed E-state index contributed by atoms with van der Waals surface area (Å²) in [5.41, 5.74) is 5.99. The smallest absolute Gasteiger partial charge is 0.347 e. The predicted octanol–water partition coefficient (Wildman–Crippen LogP) is 3.47. The number of thiophene rings is 1. The Kier molecular flexibility index (Phi) is 8.45. The molecule has 1 atom stereocenters. The topological polar surface area (TPSA) is 95.6 Å². The van der Waals surface area contributed by atoms with Crippen molar-refractivity contribution in [2.24, 2.45) is 5.73 Å². The van der Waals surface area contributed by atoms with Crippen molar-refractivity contribution in [3.63, 3.8) is 0 Å². The summed E-state index contributed by atoms with van der Waals surface area (Å²) in [4.78, 5) is 12.9. The number of carbonyl (C=O) groups is 1. The van der Waals surface area contributed by atoms with E-state index in [-0.39, 0.29) is 28.4 Å². The van der Waals surface area contributed by atoms with Crippen LogP contribution in [0.4, 0.5) is 13.2 Å². The standard InChI is InChI=1S/C19H19Cl2F3N4OS/c1-27-16(14(20)9-26)12-7-15(30-17(12)21)18(29)28-11(8-25)6-10-4-2-3-5-13(10)19(22,23)24/h2-5,7,9,11,26-27H,6,8,25H2,1H3,(H,28,29)/p+1/b16-14+,26-9?/t11-/m0/s1. The molecular weight excluding hydrogens is 460 g/mol. The second-order valence-electron chi connectivity index (χ2n) is 6.26. The third kappa shape index (κ3) is 5.83. The number of carbonyl (C=O) groups excluding carboxylic acids is 1. The van der Waals surface area contributed by atoms with E-state index in [1.165, 1.54) is 24.3 Å². The van der Waals surface area contributed by atoms with Gasteiger partial charge in [0.1, 0.15) is 9.37 Å². The molecule has 5 nitrogen and oxygen atoms in total. The Morgan fingerprint density at radius 3 is 2.63 bits per heavy atom. The van der Waals surface area contributed by atoms with Gasteiger partial charge in [-0.15, -0.1) is 11.3 Å². The number of nitrogens with two attached hydrogens (primary N) is 2. The summed E-state index contributed by atoms with van der Waals surface area (Å²) in [6.45, 7) is -0.0442. The summed E-state index contributed by atoms with van der Waals surface area (Å²) < 4.78 is 40.0. The number of nitrogens with one attached hydrogen (secondary N) is 2. The minimum Gasteiger partial charge on any atom is -0.347 e. The number of benzene rings is 1. The Labute approximate surface area is 185 Å². The first-order valence-electron chi connectivity index (χ1n) is 8.77. The SMILES string of the molecule is C[NH2+]/C(=C(/Cl)C=N)c1cc(C(=O)N[C@H](CN)Cc2ccccc2C(F)(F)F)sc1Cl. The van der Waals surface area contributed by atoms with E-state index in [2.05, 4.69) is 5.32 Å². The zero-order valence-electron chi connectivity index (χ0n) is 15.8. The van der Waals surface area contributed by atoms with Gasteiger partial charge in [-0.2, -0.15) is 13.2 Å². The van der Waals surface area contributed by atoms with Crippen molar-refractivity contribution in [2.45, 2.75) is 18.6 Å². The summed E-state index contributed by atoms with van der Waals surface area (Å²) >= 11 is 13.3. The third-order valence-electron chi connectivity index (χ3n) is 4.28. The lowest BCUT2D eigenvalue weighted by Gasteiger charge is -2.19. The van der Waals surface area contributed by atoms with Gasteiger partial charge in [-0.05, 0) is 24.1 Å². The van der Waals surface area contributed by atoms with Crippen molar-refractivity contribution in [1.29, 1.82) is 5.41 Å². The van der Waals surface area contributed by atoms with Crippen molar-refractivity contribution in [2.75, 3.05) is 13.6 Å². The monoisotopic (exact) mass is 479 g/mol. The van der Waals surface area contributed by atoms with Crippen molar-refractivity contribution in [3.05, 3.63) is 61.3 Å². The summed E-state index contributed by atoms with van der Waals surface area (Å²) in [6, 6.07) is 6.01. The fourth-order valence-electron chi connectivity index (χ4n) is 2.85. The molecule has 0 fully saturated rings. The van der Waals surface area contributed by atoms with Crippen molar-refractivity contribution in [1.82, 2.24) is 5.32 Å². The van der Waals surface area contributed by atoms with Crippen LogP contribution in [0.5, 0.6) is 0 Å². The molecule has 0 radical (unpaired) electrons. The van der Waals surface area contributed by atoms with Crippen LogP contribution in [0.3, 0.4) is 0 Å². The number of quaternary nitrogens is 1. The van der Waals surface area contributed by atoms with Crippen molar-refractivity contribution >= 4 is 52.4 Å². The highest BCUT2D eigenvalue weighted by Gasteiger charge is 2.33. The maximum absolute atomic E-state index is 13.2. The number of amides is 1. The van der Waals surface area contributed by atoms with Gasteiger partial charge in [0.2, 0.25) is 0 Å². The molecule has 0 saturated heterocycles. The van der Waals surface area contributed by atoms with Crippen LogP contribution in [0.25, 0.3) is 5.70 Å².